The predicted octanol–water partition coefficient (Wildman–Crippen LogP) is 10.0. The number of carbonyl (C=O) groups excluding carboxylic acids is 2. The van der Waals surface area contributed by atoms with Gasteiger partial charge in [-0.3, -0.25) is 4.79 Å². The first-order valence-electron chi connectivity index (χ1n) is 17.0. The van der Waals surface area contributed by atoms with Gasteiger partial charge in [0.15, 0.2) is 8.32 Å². The summed E-state index contributed by atoms with van der Waals surface area (Å²) in [5.41, 5.74) is 2.98. The summed E-state index contributed by atoms with van der Waals surface area (Å²) < 4.78 is 46.3. The highest BCUT2D eigenvalue weighted by molar-refractivity contribution is 6.70. The molecule has 0 spiro atoms. The van der Waals surface area contributed by atoms with Crippen LogP contribution in [0.5, 0.6) is 5.75 Å². The Morgan fingerprint density at radius 1 is 0.800 bits per heavy atom. The van der Waals surface area contributed by atoms with E-state index in [9.17, 15) is 18.4 Å². The summed E-state index contributed by atoms with van der Waals surface area (Å²) in [5.74, 6) is -1.23. The summed E-state index contributed by atoms with van der Waals surface area (Å²) in [6.07, 6.45) is -0.430. The molecule has 4 atom stereocenters. The Bertz CT molecular complexity index is 1730. The van der Waals surface area contributed by atoms with Crippen LogP contribution in [0.15, 0.2) is 103 Å². The second-order valence-electron chi connectivity index (χ2n) is 14.6. The third kappa shape index (κ3) is 9.89. The highest BCUT2D eigenvalue weighted by atomic mass is 28.4. The molecule has 11 heteroatoms. The van der Waals surface area contributed by atoms with Gasteiger partial charge < -0.3 is 18.9 Å². The van der Waals surface area contributed by atoms with Gasteiger partial charge in [-0.2, -0.15) is 0 Å². The van der Waals surface area contributed by atoms with E-state index in [0.29, 0.717) is 18.5 Å². The van der Waals surface area contributed by atoms with Crippen LogP contribution in [0.1, 0.15) is 47.7 Å². The van der Waals surface area contributed by atoms with Crippen molar-refractivity contribution in [2.24, 2.45) is 5.92 Å². The average Bonchev–Trinajstić information content (AvgIpc) is 3.45. The molecule has 1 saturated heterocycles. The van der Waals surface area contributed by atoms with E-state index < -0.39 is 52.7 Å². The largest absolute Gasteiger partial charge is 0.544 e. The number of ether oxygens (including phenoxy) is 1. The molecule has 264 valence electrons. The van der Waals surface area contributed by atoms with Crippen LogP contribution in [0.2, 0.25) is 39.3 Å². The minimum Gasteiger partial charge on any atom is -0.544 e. The zero-order valence-electron chi connectivity index (χ0n) is 29.5. The van der Waals surface area contributed by atoms with Crippen molar-refractivity contribution in [3.63, 3.8) is 0 Å². The Balaban J connectivity index is 1.58. The zero-order chi connectivity index (χ0) is 36.1. The van der Waals surface area contributed by atoms with Crippen LogP contribution in [-0.2, 0) is 14.0 Å². The molecule has 1 aliphatic heterocycles. The fourth-order valence-electron chi connectivity index (χ4n) is 6.16. The molecule has 0 unspecified atom stereocenters. The molecular formula is C39H46F2N2O5Si2. The maximum Gasteiger partial charge on any atom is 0.417 e. The standard InChI is InChI=1S/C39H46F2N2O5Si2/c1-49(2,3)47-33-22-14-29(15-23-33)37(42-32-20-18-31(41)19-21-32)34(24-25-36(48-50(4,5)6)28-12-16-30(40)17-13-28)38(44)43-35(26-46-39(43)45)27-10-8-7-9-11-27/h7-23,34-37,42H,24-26H2,1-6H3/t34-,35+,36-,37+/m0/s1. The fraction of sp³-hybridized carbons (Fsp3) is 0.333. The molecule has 50 heavy (non-hydrogen) atoms. The molecule has 2 amide bonds. The molecule has 1 aliphatic rings. The van der Waals surface area contributed by atoms with E-state index in [1.807, 2.05) is 54.6 Å². The number of hydrogen-bond donors (Lipinski definition) is 1. The van der Waals surface area contributed by atoms with Crippen LogP contribution in [0, 0.1) is 17.6 Å². The second kappa shape index (κ2) is 15.7. The van der Waals surface area contributed by atoms with Crippen LogP contribution in [0.25, 0.3) is 0 Å². The number of anilines is 1. The summed E-state index contributed by atoms with van der Waals surface area (Å²) in [6.45, 7) is 12.6. The summed E-state index contributed by atoms with van der Waals surface area (Å²) in [5, 5.41) is 3.50. The molecule has 0 bridgehead atoms. The third-order valence-corrected chi connectivity index (χ3v) is 10.2. The maximum absolute atomic E-state index is 15.0. The lowest BCUT2D eigenvalue weighted by Crippen LogP contribution is -2.42. The fourth-order valence-corrected chi connectivity index (χ4v) is 8.12. The molecule has 0 saturated carbocycles. The van der Waals surface area contributed by atoms with Gasteiger partial charge in [0.2, 0.25) is 14.2 Å². The summed E-state index contributed by atoms with van der Waals surface area (Å²) in [6, 6.07) is 27.9. The van der Waals surface area contributed by atoms with Crippen LogP contribution in [0.4, 0.5) is 19.3 Å². The molecule has 0 aliphatic carbocycles. The Kier molecular flexibility index (Phi) is 11.6. The van der Waals surface area contributed by atoms with E-state index in [1.54, 1.807) is 24.3 Å². The Labute approximate surface area is 295 Å². The van der Waals surface area contributed by atoms with E-state index in [0.717, 1.165) is 22.4 Å². The van der Waals surface area contributed by atoms with Gasteiger partial charge in [0.1, 0.15) is 30.0 Å². The van der Waals surface area contributed by atoms with Crippen LogP contribution in [0.3, 0.4) is 0 Å². The van der Waals surface area contributed by atoms with Crippen molar-refractivity contribution >= 4 is 34.3 Å². The van der Waals surface area contributed by atoms with Crippen molar-refractivity contribution in [2.45, 2.75) is 70.3 Å². The smallest absolute Gasteiger partial charge is 0.417 e. The average molecular weight is 717 g/mol. The molecule has 1 fully saturated rings. The lowest BCUT2D eigenvalue weighted by Gasteiger charge is -2.34. The molecule has 1 N–H and O–H groups in total. The van der Waals surface area contributed by atoms with Crippen molar-refractivity contribution in [3.8, 4) is 5.75 Å². The first-order valence-corrected chi connectivity index (χ1v) is 23.8. The van der Waals surface area contributed by atoms with E-state index in [2.05, 4.69) is 44.6 Å². The van der Waals surface area contributed by atoms with E-state index in [-0.39, 0.29) is 18.2 Å². The molecule has 0 radical (unpaired) electrons. The number of nitrogens with zero attached hydrogens (tertiary/aromatic N) is 1. The molecular weight excluding hydrogens is 671 g/mol. The van der Waals surface area contributed by atoms with Gasteiger partial charge >= 0.3 is 6.09 Å². The number of nitrogens with one attached hydrogen (secondary N) is 1. The highest BCUT2D eigenvalue weighted by Gasteiger charge is 2.44. The molecule has 0 aromatic heterocycles. The number of rotatable bonds is 14. The number of halogens is 2. The normalized spacial score (nSPS) is 16.8. The monoisotopic (exact) mass is 716 g/mol. The van der Waals surface area contributed by atoms with E-state index >= 15 is 0 Å². The first-order chi connectivity index (χ1) is 23.7. The van der Waals surface area contributed by atoms with E-state index in [4.69, 9.17) is 13.6 Å². The van der Waals surface area contributed by atoms with Gasteiger partial charge in [-0.05, 0) is 117 Å². The summed E-state index contributed by atoms with van der Waals surface area (Å²) in [7, 11) is -4.01. The number of imide groups is 1. The molecule has 4 aromatic carbocycles. The second-order valence-corrected chi connectivity index (χ2v) is 23.5. The number of cyclic esters (lactones) is 1. The van der Waals surface area contributed by atoms with Crippen molar-refractivity contribution in [3.05, 3.63) is 131 Å². The summed E-state index contributed by atoms with van der Waals surface area (Å²) in [4.78, 5) is 29.6. The van der Waals surface area contributed by atoms with Crippen LogP contribution in [-0.4, -0.2) is 40.1 Å². The lowest BCUT2D eigenvalue weighted by atomic mass is 9.85. The number of amides is 2. The lowest BCUT2D eigenvalue weighted by molar-refractivity contribution is -0.134. The van der Waals surface area contributed by atoms with Crippen LogP contribution < -0.4 is 9.74 Å². The zero-order valence-corrected chi connectivity index (χ0v) is 31.5. The van der Waals surface area contributed by atoms with Gasteiger partial charge in [0.05, 0.1) is 18.1 Å². The van der Waals surface area contributed by atoms with Crippen molar-refractivity contribution in [1.82, 2.24) is 4.90 Å². The summed E-state index contributed by atoms with van der Waals surface area (Å²) >= 11 is 0. The minimum atomic E-state index is -2.12. The van der Waals surface area contributed by atoms with Crippen molar-refractivity contribution < 1.29 is 32.0 Å². The topological polar surface area (TPSA) is 77.1 Å². The molecule has 5 rings (SSSR count). The first kappa shape index (κ1) is 36.9. The van der Waals surface area contributed by atoms with Crippen LogP contribution >= 0.6 is 0 Å². The predicted molar refractivity (Wildman–Crippen MR) is 197 cm³/mol. The molecule has 1 heterocycles. The SMILES string of the molecule is C[Si](C)(C)Oc1ccc([C@@H](Nc2ccc(F)cc2)[C@H](CC[C@H](O[Si](C)(C)C)c2ccc(F)cc2)C(=O)N2C(=O)OC[C@@H]2c2ccccc2)cc1. The third-order valence-electron chi connectivity index (χ3n) is 8.32. The highest BCUT2D eigenvalue weighted by Crippen LogP contribution is 2.39. The van der Waals surface area contributed by atoms with E-state index in [1.165, 1.54) is 29.2 Å². The minimum absolute atomic E-state index is 0.0387. The Morgan fingerprint density at radius 3 is 1.96 bits per heavy atom. The quantitative estimate of drug-likeness (QED) is 0.131. The number of hydrogen-bond acceptors (Lipinski definition) is 6. The number of carbonyl (C=O) groups is 2. The molecule has 7 nitrogen and oxygen atoms in total. The van der Waals surface area contributed by atoms with Gasteiger partial charge in [0, 0.05) is 5.69 Å². The van der Waals surface area contributed by atoms with Gasteiger partial charge in [-0.1, -0.05) is 54.6 Å². The van der Waals surface area contributed by atoms with Gasteiger partial charge in [0.25, 0.3) is 0 Å². The van der Waals surface area contributed by atoms with Gasteiger partial charge in [-0.15, -0.1) is 0 Å². The maximum atomic E-state index is 15.0. The Morgan fingerprint density at radius 2 is 1.38 bits per heavy atom. The Hall–Kier alpha value is -4.33. The number of benzene rings is 4. The molecule has 4 aromatic rings. The van der Waals surface area contributed by atoms with Crippen molar-refractivity contribution in [2.75, 3.05) is 11.9 Å². The van der Waals surface area contributed by atoms with Gasteiger partial charge in [-0.25, -0.2) is 18.5 Å². The van der Waals surface area contributed by atoms with Crippen molar-refractivity contribution in [1.29, 1.82) is 0 Å².